The van der Waals surface area contributed by atoms with Gasteiger partial charge in [-0.3, -0.25) is 9.78 Å². The average molecular weight is 370 g/mol. The number of rotatable bonds is 7. The zero-order chi connectivity index (χ0) is 19.2. The number of amides is 1. The van der Waals surface area contributed by atoms with Gasteiger partial charge >= 0.3 is 5.97 Å². The van der Waals surface area contributed by atoms with E-state index >= 15 is 0 Å². The van der Waals surface area contributed by atoms with E-state index in [1.165, 1.54) is 12.0 Å². The highest BCUT2D eigenvalue weighted by molar-refractivity contribution is 5.85. The minimum atomic E-state index is -1.00. The largest absolute Gasteiger partial charge is 0.489 e. The first-order chi connectivity index (χ1) is 13.1. The molecule has 27 heavy (non-hydrogen) atoms. The van der Waals surface area contributed by atoms with E-state index < -0.39 is 12.0 Å². The van der Waals surface area contributed by atoms with Gasteiger partial charge in [0.25, 0.3) is 0 Å². The van der Waals surface area contributed by atoms with Crippen LogP contribution in [0.2, 0.25) is 0 Å². The van der Waals surface area contributed by atoms with E-state index in [1.807, 2.05) is 30.3 Å². The molecule has 2 unspecified atom stereocenters. The molecule has 1 aromatic carbocycles. The van der Waals surface area contributed by atoms with Crippen LogP contribution in [0, 0.1) is 0 Å². The number of carbonyl (C=O) groups is 2. The normalized spacial score (nSPS) is 19.1. The highest BCUT2D eigenvalue weighted by Crippen LogP contribution is 2.22. The van der Waals surface area contributed by atoms with Gasteiger partial charge in [0.05, 0.1) is 12.5 Å². The van der Waals surface area contributed by atoms with Crippen LogP contribution in [0.4, 0.5) is 0 Å². The number of ether oxygens (including phenoxy) is 2. The number of likely N-dealkylation sites (tertiary alicyclic amines) is 1. The number of hydrogen-bond donors (Lipinski definition) is 1. The Morgan fingerprint density at radius 3 is 2.78 bits per heavy atom. The van der Waals surface area contributed by atoms with Crippen molar-refractivity contribution in [3.63, 3.8) is 0 Å². The number of aliphatic carboxylic acids is 1. The molecule has 3 rings (SSSR count). The van der Waals surface area contributed by atoms with Gasteiger partial charge in [0, 0.05) is 38.0 Å². The predicted octanol–water partition coefficient (Wildman–Crippen LogP) is 1.90. The second-order valence-corrected chi connectivity index (χ2v) is 6.47. The summed E-state index contributed by atoms with van der Waals surface area (Å²) in [4.78, 5) is 29.5. The lowest BCUT2D eigenvalue weighted by Gasteiger charge is -2.21. The molecule has 7 heteroatoms. The molecule has 0 aliphatic carbocycles. The van der Waals surface area contributed by atoms with Crippen molar-refractivity contribution in [2.24, 2.45) is 0 Å². The van der Waals surface area contributed by atoms with Crippen LogP contribution in [-0.4, -0.2) is 52.7 Å². The van der Waals surface area contributed by atoms with Crippen molar-refractivity contribution in [1.82, 2.24) is 9.88 Å². The van der Waals surface area contributed by atoms with Gasteiger partial charge in [-0.15, -0.1) is 0 Å². The summed E-state index contributed by atoms with van der Waals surface area (Å²) in [6, 6.07) is 10.2. The first-order valence-corrected chi connectivity index (χ1v) is 8.72. The molecule has 0 bridgehead atoms. The lowest BCUT2D eigenvalue weighted by atomic mass is 10.1. The van der Waals surface area contributed by atoms with Crippen molar-refractivity contribution in [2.45, 2.75) is 31.6 Å². The number of carbonyl (C=O) groups excluding carboxylic acids is 1. The number of methoxy groups -OCH3 is 1. The molecule has 1 aliphatic heterocycles. The predicted molar refractivity (Wildman–Crippen MR) is 97.3 cm³/mol. The minimum absolute atomic E-state index is 0.115. The Morgan fingerprint density at radius 2 is 2.07 bits per heavy atom. The van der Waals surface area contributed by atoms with E-state index in [0.717, 1.165) is 11.1 Å². The summed E-state index contributed by atoms with van der Waals surface area (Å²) in [6.45, 7) is 0.678. The van der Waals surface area contributed by atoms with Crippen molar-refractivity contribution in [3.8, 4) is 5.75 Å². The molecule has 0 saturated carbocycles. The lowest BCUT2D eigenvalue weighted by Crippen LogP contribution is -2.41. The number of hydrogen-bond acceptors (Lipinski definition) is 5. The molecular weight excluding hydrogens is 348 g/mol. The molecule has 1 N–H and O–H groups in total. The van der Waals surface area contributed by atoms with Crippen LogP contribution < -0.4 is 4.74 Å². The number of nitrogens with zero attached hydrogens (tertiary/aromatic N) is 2. The van der Waals surface area contributed by atoms with Crippen LogP contribution >= 0.6 is 0 Å². The summed E-state index contributed by atoms with van der Waals surface area (Å²) in [6.07, 6.45) is 3.62. The number of benzene rings is 1. The third kappa shape index (κ3) is 4.83. The van der Waals surface area contributed by atoms with E-state index in [9.17, 15) is 14.7 Å². The third-order valence-electron chi connectivity index (χ3n) is 4.58. The second-order valence-electron chi connectivity index (χ2n) is 6.47. The first-order valence-electron chi connectivity index (χ1n) is 8.72. The van der Waals surface area contributed by atoms with Gasteiger partial charge in [-0.25, -0.2) is 4.79 Å². The fraction of sp³-hybridized carbons (Fsp3) is 0.350. The summed E-state index contributed by atoms with van der Waals surface area (Å²) in [5.41, 5.74) is 1.72. The number of aromatic nitrogens is 1. The summed E-state index contributed by atoms with van der Waals surface area (Å²) < 4.78 is 11.0. The van der Waals surface area contributed by atoms with E-state index in [1.54, 1.807) is 18.5 Å². The monoisotopic (exact) mass is 370 g/mol. The van der Waals surface area contributed by atoms with Gasteiger partial charge in [-0.1, -0.05) is 18.2 Å². The molecule has 1 saturated heterocycles. The van der Waals surface area contributed by atoms with Crippen molar-refractivity contribution in [1.29, 1.82) is 0 Å². The maximum Gasteiger partial charge on any atom is 0.326 e. The Morgan fingerprint density at radius 1 is 1.26 bits per heavy atom. The second kappa shape index (κ2) is 8.64. The average Bonchev–Trinajstić information content (AvgIpc) is 3.13. The molecule has 1 aliphatic rings. The van der Waals surface area contributed by atoms with Crippen molar-refractivity contribution < 1.29 is 24.2 Å². The van der Waals surface area contributed by atoms with Crippen molar-refractivity contribution in [3.05, 3.63) is 59.9 Å². The van der Waals surface area contributed by atoms with Crippen LogP contribution in [0.3, 0.4) is 0 Å². The molecule has 142 valence electrons. The Labute approximate surface area is 157 Å². The topological polar surface area (TPSA) is 89.0 Å². The molecule has 2 aromatic rings. The standard InChI is InChI=1S/C20H22N2O5/c1-26-17-10-18(20(24)25)22(12-17)19(23)9-14-4-2-6-16(8-14)27-13-15-5-3-7-21-11-15/h2-8,11,17-18H,9-10,12-13H2,1H3,(H,24,25). The summed E-state index contributed by atoms with van der Waals surface area (Å²) in [5, 5.41) is 9.36. The fourth-order valence-electron chi connectivity index (χ4n) is 3.15. The van der Waals surface area contributed by atoms with Gasteiger partial charge in [-0.05, 0) is 23.8 Å². The van der Waals surface area contributed by atoms with E-state index in [-0.39, 0.29) is 18.4 Å². The number of carboxylic acid groups (broad SMARTS) is 1. The van der Waals surface area contributed by atoms with Gasteiger partial charge in [0.2, 0.25) is 5.91 Å². The number of carboxylic acids is 1. The van der Waals surface area contributed by atoms with Crippen molar-refractivity contribution in [2.75, 3.05) is 13.7 Å². The smallest absolute Gasteiger partial charge is 0.326 e. The van der Waals surface area contributed by atoms with Crippen LogP contribution in [0.1, 0.15) is 17.5 Å². The Kier molecular flexibility index (Phi) is 6.03. The lowest BCUT2D eigenvalue weighted by molar-refractivity contribution is -0.148. The minimum Gasteiger partial charge on any atom is -0.489 e. The maximum absolute atomic E-state index is 12.6. The molecule has 1 aromatic heterocycles. The molecule has 2 atom stereocenters. The van der Waals surface area contributed by atoms with E-state index in [4.69, 9.17) is 9.47 Å². The van der Waals surface area contributed by atoms with Gasteiger partial charge < -0.3 is 19.5 Å². The van der Waals surface area contributed by atoms with E-state index in [0.29, 0.717) is 25.3 Å². The molecule has 7 nitrogen and oxygen atoms in total. The highest BCUT2D eigenvalue weighted by Gasteiger charge is 2.39. The summed E-state index contributed by atoms with van der Waals surface area (Å²) in [7, 11) is 1.53. The molecule has 1 fully saturated rings. The van der Waals surface area contributed by atoms with Crippen LogP contribution in [0.5, 0.6) is 5.75 Å². The fourth-order valence-corrected chi connectivity index (χ4v) is 3.15. The highest BCUT2D eigenvalue weighted by atomic mass is 16.5. The quantitative estimate of drug-likeness (QED) is 0.801. The molecule has 0 radical (unpaired) electrons. The molecule has 1 amide bonds. The van der Waals surface area contributed by atoms with Gasteiger partial charge in [0.15, 0.2) is 0 Å². The zero-order valence-corrected chi connectivity index (χ0v) is 15.1. The summed E-state index contributed by atoms with van der Waals surface area (Å²) >= 11 is 0. The molecule has 0 spiro atoms. The third-order valence-corrected chi connectivity index (χ3v) is 4.58. The molecule has 2 heterocycles. The Bertz CT molecular complexity index is 796. The van der Waals surface area contributed by atoms with Crippen LogP contribution in [0.15, 0.2) is 48.8 Å². The van der Waals surface area contributed by atoms with Crippen LogP contribution in [-0.2, 0) is 27.4 Å². The van der Waals surface area contributed by atoms with Gasteiger partial charge in [0.1, 0.15) is 18.4 Å². The molecular formula is C20H22N2O5. The maximum atomic E-state index is 12.6. The number of pyridine rings is 1. The van der Waals surface area contributed by atoms with Gasteiger partial charge in [-0.2, -0.15) is 0 Å². The van der Waals surface area contributed by atoms with Crippen LogP contribution in [0.25, 0.3) is 0 Å². The zero-order valence-electron chi connectivity index (χ0n) is 15.1. The summed E-state index contributed by atoms with van der Waals surface area (Å²) in [5.74, 6) is -0.585. The van der Waals surface area contributed by atoms with E-state index in [2.05, 4.69) is 4.98 Å². The Hall–Kier alpha value is -2.93. The SMILES string of the molecule is COC1CC(C(=O)O)N(C(=O)Cc2cccc(OCc3cccnc3)c2)C1. The Balaban J connectivity index is 1.63. The van der Waals surface area contributed by atoms with Crippen molar-refractivity contribution >= 4 is 11.9 Å². The first kappa shape index (κ1) is 18.8.